The van der Waals surface area contributed by atoms with Gasteiger partial charge in [0, 0.05) is 18.5 Å². The average Bonchev–Trinajstić information content (AvgIpc) is 2.82. The number of carbonyl (C=O) groups excluding carboxylic acids is 1. The van der Waals surface area contributed by atoms with E-state index in [-0.39, 0.29) is 5.91 Å². The van der Waals surface area contributed by atoms with Gasteiger partial charge in [-0.05, 0) is 37.2 Å². The van der Waals surface area contributed by atoms with E-state index in [1.807, 2.05) is 7.05 Å². The fraction of sp³-hybridized carbons (Fsp3) is 0.667. The summed E-state index contributed by atoms with van der Waals surface area (Å²) < 4.78 is 0. The van der Waals surface area contributed by atoms with Crippen LogP contribution in [0.1, 0.15) is 53.9 Å². The first-order valence-electron chi connectivity index (χ1n) is 7.27. The maximum absolute atomic E-state index is 12.4. The maximum Gasteiger partial charge on any atom is 0.254 e. The van der Waals surface area contributed by atoms with Gasteiger partial charge in [0.2, 0.25) is 0 Å². The molecule has 1 aliphatic rings. The van der Waals surface area contributed by atoms with Gasteiger partial charge in [0.05, 0.1) is 5.56 Å². The highest BCUT2D eigenvalue weighted by Gasteiger charge is 2.24. The van der Waals surface area contributed by atoms with E-state index in [9.17, 15) is 4.79 Å². The van der Waals surface area contributed by atoms with E-state index in [4.69, 9.17) is 0 Å². The zero-order valence-electron chi connectivity index (χ0n) is 12.1. The topological polar surface area (TPSA) is 41.1 Å². The van der Waals surface area contributed by atoms with Gasteiger partial charge < -0.3 is 10.6 Å². The molecule has 0 saturated carbocycles. The fourth-order valence-corrected chi connectivity index (χ4v) is 3.72. The van der Waals surface area contributed by atoms with Crippen LogP contribution in [0.5, 0.6) is 0 Å². The molecule has 4 heteroatoms. The smallest absolute Gasteiger partial charge is 0.254 e. The second kappa shape index (κ2) is 6.42. The van der Waals surface area contributed by atoms with Crippen LogP contribution in [-0.4, -0.2) is 19.5 Å². The number of amides is 1. The van der Waals surface area contributed by atoms with Crippen molar-refractivity contribution >= 4 is 22.2 Å². The first kappa shape index (κ1) is 14.4. The second-order valence-corrected chi connectivity index (χ2v) is 6.49. The van der Waals surface area contributed by atoms with Crippen LogP contribution < -0.4 is 10.6 Å². The number of rotatable bonds is 5. The lowest BCUT2D eigenvalue weighted by atomic mass is 9.95. The SMILES string of the molecule is CCC(C)CNC(=O)c1c(NC)sc2c1CCCC2. The van der Waals surface area contributed by atoms with Crippen molar-refractivity contribution in [1.82, 2.24) is 5.32 Å². The molecule has 0 saturated heterocycles. The van der Waals surface area contributed by atoms with Crippen molar-refractivity contribution in [3.63, 3.8) is 0 Å². The van der Waals surface area contributed by atoms with Crippen LogP contribution in [0.15, 0.2) is 0 Å². The molecule has 3 nitrogen and oxygen atoms in total. The molecule has 2 rings (SSSR count). The van der Waals surface area contributed by atoms with Crippen molar-refractivity contribution in [2.45, 2.75) is 46.0 Å². The summed E-state index contributed by atoms with van der Waals surface area (Å²) in [5.74, 6) is 0.639. The molecule has 1 amide bonds. The lowest BCUT2D eigenvalue weighted by molar-refractivity contribution is 0.0948. The van der Waals surface area contributed by atoms with Crippen molar-refractivity contribution in [3.8, 4) is 0 Å². The van der Waals surface area contributed by atoms with E-state index in [1.54, 1.807) is 11.3 Å². The number of hydrogen-bond acceptors (Lipinski definition) is 3. The molecule has 1 atom stereocenters. The van der Waals surface area contributed by atoms with E-state index in [2.05, 4.69) is 24.5 Å². The van der Waals surface area contributed by atoms with Gasteiger partial charge in [0.15, 0.2) is 0 Å². The van der Waals surface area contributed by atoms with Crippen molar-refractivity contribution < 1.29 is 4.79 Å². The molecule has 19 heavy (non-hydrogen) atoms. The molecule has 1 unspecified atom stereocenters. The minimum atomic E-state index is 0.101. The largest absolute Gasteiger partial charge is 0.379 e. The third-order valence-electron chi connectivity index (χ3n) is 3.93. The number of carbonyl (C=O) groups is 1. The van der Waals surface area contributed by atoms with Gasteiger partial charge in [-0.2, -0.15) is 0 Å². The molecule has 0 bridgehead atoms. The zero-order chi connectivity index (χ0) is 13.8. The van der Waals surface area contributed by atoms with Crippen LogP contribution in [0.4, 0.5) is 5.00 Å². The predicted octanol–water partition coefficient (Wildman–Crippen LogP) is 3.44. The Kier molecular flexibility index (Phi) is 4.86. The van der Waals surface area contributed by atoms with Crippen molar-refractivity contribution in [3.05, 3.63) is 16.0 Å². The first-order valence-corrected chi connectivity index (χ1v) is 8.09. The van der Waals surface area contributed by atoms with Crippen LogP contribution in [-0.2, 0) is 12.8 Å². The molecule has 0 aliphatic heterocycles. The van der Waals surface area contributed by atoms with Crippen molar-refractivity contribution in [2.24, 2.45) is 5.92 Å². The molecular weight excluding hydrogens is 256 g/mol. The Morgan fingerprint density at radius 2 is 2.11 bits per heavy atom. The summed E-state index contributed by atoms with van der Waals surface area (Å²) in [4.78, 5) is 13.8. The number of anilines is 1. The van der Waals surface area contributed by atoms with Crippen LogP contribution in [0.2, 0.25) is 0 Å². The Balaban J connectivity index is 2.18. The molecule has 0 fully saturated rings. The van der Waals surface area contributed by atoms with Gasteiger partial charge in [-0.25, -0.2) is 0 Å². The van der Waals surface area contributed by atoms with Gasteiger partial charge in [0.25, 0.3) is 5.91 Å². The Labute approximate surface area is 119 Å². The minimum absolute atomic E-state index is 0.101. The lowest BCUT2D eigenvalue weighted by Crippen LogP contribution is -2.29. The standard InChI is InChI=1S/C15H24N2OS/c1-4-10(2)9-17-14(18)13-11-7-5-6-8-12(11)19-15(13)16-3/h10,16H,4-9H2,1-3H3,(H,17,18). The molecule has 106 valence electrons. The first-order chi connectivity index (χ1) is 9.17. The predicted molar refractivity (Wildman–Crippen MR) is 82.3 cm³/mol. The van der Waals surface area contributed by atoms with Gasteiger partial charge in [0.1, 0.15) is 5.00 Å². The lowest BCUT2D eigenvalue weighted by Gasteiger charge is -2.14. The number of nitrogens with one attached hydrogen (secondary N) is 2. The van der Waals surface area contributed by atoms with Crippen molar-refractivity contribution in [1.29, 1.82) is 0 Å². The van der Waals surface area contributed by atoms with E-state index in [1.165, 1.54) is 23.3 Å². The number of fused-ring (bicyclic) bond motifs is 1. The van der Waals surface area contributed by atoms with Gasteiger partial charge in [-0.15, -0.1) is 11.3 Å². The van der Waals surface area contributed by atoms with Gasteiger partial charge in [-0.1, -0.05) is 20.3 Å². The minimum Gasteiger partial charge on any atom is -0.379 e. The Morgan fingerprint density at radius 3 is 2.79 bits per heavy atom. The molecule has 2 N–H and O–H groups in total. The highest BCUT2D eigenvalue weighted by atomic mass is 32.1. The Hall–Kier alpha value is -1.03. The number of hydrogen-bond donors (Lipinski definition) is 2. The van der Waals surface area contributed by atoms with Crippen LogP contribution >= 0.6 is 11.3 Å². The maximum atomic E-state index is 12.4. The quantitative estimate of drug-likeness (QED) is 0.867. The van der Waals surface area contributed by atoms with E-state index >= 15 is 0 Å². The molecule has 0 radical (unpaired) electrons. The summed E-state index contributed by atoms with van der Waals surface area (Å²) >= 11 is 1.76. The Bertz CT molecular complexity index is 453. The summed E-state index contributed by atoms with van der Waals surface area (Å²) in [5.41, 5.74) is 2.20. The van der Waals surface area contributed by atoms with Crippen LogP contribution in [0.3, 0.4) is 0 Å². The van der Waals surface area contributed by atoms with E-state index in [0.29, 0.717) is 5.92 Å². The van der Waals surface area contributed by atoms with E-state index < -0.39 is 0 Å². The molecule has 0 spiro atoms. The molecule has 1 aliphatic carbocycles. The highest BCUT2D eigenvalue weighted by Crippen LogP contribution is 2.37. The summed E-state index contributed by atoms with van der Waals surface area (Å²) in [6.45, 7) is 5.09. The van der Waals surface area contributed by atoms with Gasteiger partial charge in [-0.3, -0.25) is 4.79 Å². The number of aryl methyl sites for hydroxylation is 1. The highest BCUT2D eigenvalue weighted by molar-refractivity contribution is 7.16. The summed E-state index contributed by atoms with van der Waals surface area (Å²) in [6.07, 6.45) is 5.75. The molecule has 1 heterocycles. The molecule has 1 aromatic rings. The van der Waals surface area contributed by atoms with E-state index in [0.717, 1.165) is 36.4 Å². The Morgan fingerprint density at radius 1 is 1.37 bits per heavy atom. The summed E-state index contributed by atoms with van der Waals surface area (Å²) in [6, 6.07) is 0. The van der Waals surface area contributed by atoms with Crippen LogP contribution in [0, 0.1) is 5.92 Å². The third-order valence-corrected chi connectivity index (χ3v) is 5.24. The summed E-state index contributed by atoms with van der Waals surface area (Å²) in [5, 5.41) is 7.32. The average molecular weight is 280 g/mol. The van der Waals surface area contributed by atoms with Crippen molar-refractivity contribution in [2.75, 3.05) is 18.9 Å². The molecule has 0 aromatic carbocycles. The van der Waals surface area contributed by atoms with Gasteiger partial charge >= 0.3 is 0 Å². The summed E-state index contributed by atoms with van der Waals surface area (Å²) in [7, 11) is 1.91. The second-order valence-electron chi connectivity index (χ2n) is 5.39. The molecular formula is C15H24N2OS. The number of thiophene rings is 1. The third kappa shape index (κ3) is 3.11. The van der Waals surface area contributed by atoms with Crippen LogP contribution in [0.25, 0.3) is 0 Å². The molecule has 1 aromatic heterocycles. The fourth-order valence-electron chi connectivity index (χ4n) is 2.48. The normalized spacial score (nSPS) is 15.7. The monoisotopic (exact) mass is 280 g/mol. The zero-order valence-corrected chi connectivity index (χ0v) is 13.0.